The number of hydrogen-bond acceptors (Lipinski definition) is 5. The monoisotopic (exact) mass is 347 g/mol. The Balaban J connectivity index is 1.74. The number of carbonyl (C=O) groups is 1. The Morgan fingerprint density at radius 1 is 1.17 bits per heavy atom. The lowest BCUT2D eigenvalue weighted by molar-refractivity contribution is -0.124. The summed E-state index contributed by atoms with van der Waals surface area (Å²) in [5.74, 6) is -2.56. The molecular weight excluding hydrogens is 336 g/mol. The summed E-state index contributed by atoms with van der Waals surface area (Å²) in [6.07, 6.45) is 1.54. The van der Waals surface area contributed by atoms with E-state index in [1.165, 1.54) is 11.3 Å². The van der Waals surface area contributed by atoms with Crippen LogP contribution in [0.15, 0.2) is 48.1 Å². The van der Waals surface area contributed by atoms with Crippen molar-refractivity contribution in [3.8, 4) is 11.3 Å². The van der Waals surface area contributed by atoms with Gasteiger partial charge < -0.3 is 5.11 Å². The molecule has 0 spiro atoms. The van der Waals surface area contributed by atoms with Gasteiger partial charge in [-0.1, -0.05) is 0 Å². The van der Waals surface area contributed by atoms with Gasteiger partial charge in [-0.3, -0.25) is 15.1 Å². The maximum absolute atomic E-state index is 13.2. The molecular formula is C16H11F2N3O2S. The fourth-order valence-electron chi connectivity index (χ4n) is 2.04. The summed E-state index contributed by atoms with van der Waals surface area (Å²) in [5, 5.41) is 14.4. The van der Waals surface area contributed by atoms with Gasteiger partial charge in [0, 0.05) is 29.4 Å². The first-order valence-corrected chi connectivity index (χ1v) is 7.72. The molecule has 2 N–H and O–H groups in total. The molecule has 0 aliphatic heterocycles. The highest BCUT2D eigenvalue weighted by atomic mass is 32.1. The summed E-state index contributed by atoms with van der Waals surface area (Å²) < 4.78 is 26.3. The Morgan fingerprint density at radius 3 is 2.50 bits per heavy atom. The van der Waals surface area contributed by atoms with Crippen LogP contribution in [-0.2, 0) is 4.79 Å². The van der Waals surface area contributed by atoms with Crippen LogP contribution in [0, 0.1) is 11.6 Å². The van der Waals surface area contributed by atoms with Gasteiger partial charge in [-0.05, 0) is 29.8 Å². The van der Waals surface area contributed by atoms with E-state index in [1.807, 2.05) is 0 Å². The zero-order valence-electron chi connectivity index (χ0n) is 12.1. The molecule has 1 unspecified atom stereocenters. The number of aliphatic hydroxyl groups excluding tert-OH is 1. The highest BCUT2D eigenvalue weighted by molar-refractivity contribution is 7.14. The van der Waals surface area contributed by atoms with Crippen LogP contribution in [0.5, 0.6) is 0 Å². The van der Waals surface area contributed by atoms with Gasteiger partial charge >= 0.3 is 0 Å². The quantitative estimate of drug-likeness (QED) is 0.760. The minimum Gasteiger partial charge on any atom is -0.378 e. The number of amides is 1. The summed E-state index contributed by atoms with van der Waals surface area (Å²) in [6.45, 7) is 0. The van der Waals surface area contributed by atoms with Gasteiger partial charge in [0.2, 0.25) is 0 Å². The average Bonchev–Trinajstić information content (AvgIpc) is 3.02. The number of hydrogen-bond donors (Lipinski definition) is 2. The molecule has 5 nitrogen and oxygen atoms in total. The summed E-state index contributed by atoms with van der Waals surface area (Å²) in [5.41, 5.74) is 1.30. The zero-order valence-corrected chi connectivity index (χ0v) is 12.9. The number of nitrogens with zero attached hydrogens (tertiary/aromatic N) is 2. The first kappa shape index (κ1) is 16.2. The lowest BCUT2D eigenvalue weighted by atomic mass is 10.1. The molecule has 0 fully saturated rings. The smallest absolute Gasteiger partial charge is 0.259 e. The summed E-state index contributed by atoms with van der Waals surface area (Å²) in [6, 6.07) is 6.00. The predicted molar refractivity (Wildman–Crippen MR) is 85.3 cm³/mol. The first-order valence-electron chi connectivity index (χ1n) is 6.84. The molecule has 0 aliphatic rings. The standard InChI is InChI=1S/C16H11F2N3O2S/c17-11-5-10(6-12(18)7-11)14(22)15(23)21-16-20-13(8-24-16)9-1-3-19-4-2-9/h1-8,14,22H,(H,20,21,23). The molecule has 3 aromatic rings. The van der Waals surface area contributed by atoms with Crippen molar-refractivity contribution in [3.05, 3.63) is 65.3 Å². The largest absolute Gasteiger partial charge is 0.378 e. The van der Waals surface area contributed by atoms with E-state index in [0.717, 1.165) is 17.7 Å². The molecule has 0 saturated heterocycles. The molecule has 24 heavy (non-hydrogen) atoms. The third kappa shape index (κ3) is 3.61. The van der Waals surface area contributed by atoms with Crippen molar-refractivity contribution < 1.29 is 18.7 Å². The topological polar surface area (TPSA) is 75.1 Å². The molecule has 0 aliphatic carbocycles. The summed E-state index contributed by atoms with van der Waals surface area (Å²) in [7, 11) is 0. The van der Waals surface area contributed by atoms with Crippen LogP contribution in [-0.4, -0.2) is 21.0 Å². The van der Waals surface area contributed by atoms with Crippen molar-refractivity contribution >= 4 is 22.4 Å². The average molecular weight is 347 g/mol. The van der Waals surface area contributed by atoms with Crippen molar-refractivity contribution in [1.29, 1.82) is 0 Å². The Labute approximate surface area is 139 Å². The van der Waals surface area contributed by atoms with E-state index in [4.69, 9.17) is 0 Å². The number of thiazole rings is 1. The number of nitrogens with one attached hydrogen (secondary N) is 1. The Morgan fingerprint density at radius 2 is 1.83 bits per heavy atom. The Bertz CT molecular complexity index is 851. The molecule has 1 atom stereocenters. The molecule has 1 amide bonds. The molecule has 0 saturated carbocycles. The number of aliphatic hydroxyl groups is 1. The SMILES string of the molecule is O=C(Nc1nc(-c2ccncc2)cs1)C(O)c1cc(F)cc(F)c1. The predicted octanol–water partition coefficient (Wildman–Crippen LogP) is 3.16. The van der Waals surface area contributed by atoms with Crippen LogP contribution >= 0.6 is 11.3 Å². The minimum atomic E-state index is -1.71. The molecule has 0 radical (unpaired) electrons. The third-order valence-electron chi connectivity index (χ3n) is 3.16. The zero-order chi connectivity index (χ0) is 17.1. The van der Waals surface area contributed by atoms with E-state index in [1.54, 1.807) is 29.9 Å². The van der Waals surface area contributed by atoms with Gasteiger partial charge in [0.25, 0.3) is 5.91 Å². The molecule has 8 heteroatoms. The van der Waals surface area contributed by atoms with Gasteiger partial charge in [-0.2, -0.15) is 0 Å². The van der Waals surface area contributed by atoms with Crippen LogP contribution in [0.4, 0.5) is 13.9 Å². The number of aromatic nitrogens is 2. The van der Waals surface area contributed by atoms with E-state index >= 15 is 0 Å². The van der Waals surface area contributed by atoms with Gasteiger partial charge in [-0.25, -0.2) is 13.8 Å². The van der Waals surface area contributed by atoms with Crippen molar-refractivity contribution in [3.63, 3.8) is 0 Å². The van der Waals surface area contributed by atoms with Gasteiger partial charge in [0.15, 0.2) is 11.2 Å². The van der Waals surface area contributed by atoms with E-state index in [9.17, 15) is 18.7 Å². The van der Waals surface area contributed by atoms with Crippen LogP contribution in [0.1, 0.15) is 11.7 Å². The fourth-order valence-corrected chi connectivity index (χ4v) is 2.77. The normalized spacial score (nSPS) is 12.0. The number of anilines is 1. The van der Waals surface area contributed by atoms with E-state index < -0.39 is 23.6 Å². The minimum absolute atomic E-state index is 0.170. The molecule has 2 heterocycles. The van der Waals surface area contributed by atoms with Crippen molar-refractivity contribution in [2.24, 2.45) is 0 Å². The van der Waals surface area contributed by atoms with Crippen LogP contribution in [0.25, 0.3) is 11.3 Å². The second kappa shape index (κ2) is 6.81. The number of pyridine rings is 1. The maximum atomic E-state index is 13.2. The van der Waals surface area contributed by atoms with Crippen LogP contribution in [0.3, 0.4) is 0 Å². The summed E-state index contributed by atoms with van der Waals surface area (Å²) >= 11 is 1.17. The van der Waals surface area contributed by atoms with Gasteiger partial charge in [0.1, 0.15) is 11.6 Å². The van der Waals surface area contributed by atoms with Crippen molar-refractivity contribution in [2.45, 2.75) is 6.10 Å². The first-order chi connectivity index (χ1) is 11.5. The van der Waals surface area contributed by atoms with Gasteiger partial charge in [-0.15, -0.1) is 11.3 Å². The van der Waals surface area contributed by atoms with E-state index in [-0.39, 0.29) is 10.7 Å². The maximum Gasteiger partial charge on any atom is 0.259 e. The fraction of sp³-hybridized carbons (Fsp3) is 0.0625. The number of rotatable bonds is 4. The van der Waals surface area contributed by atoms with Gasteiger partial charge in [0.05, 0.1) is 5.69 Å². The third-order valence-corrected chi connectivity index (χ3v) is 3.92. The highest BCUT2D eigenvalue weighted by Crippen LogP contribution is 2.25. The van der Waals surface area contributed by atoms with Crippen LogP contribution < -0.4 is 5.32 Å². The molecule has 3 rings (SSSR count). The Kier molecular flexibility index (Phi) is 4.59. The molecule has 1 aromatic carbocycles. The van der Waals surface area contributed by atoms with Crippen molar-refractivity contribution in [2.75, 3.05) is 5.32 Å². The summed E-state index contributed by atoms with van der Waals surface area (Å²) in [4.78, 5) is 20.2. The number of benzene rings is 1. The molecule has 122 valence electrons. The van der Waals surface area contributed by atoms with E-state index in [0.29, 0.717) is 11.8 Å². The number of carbonyl (C=O) groups excluding carboxylic acids is 1. The lowest BCUT2D eigenvalue weighted by Crippen LogP contribution is -2.21. The molecule has 0 bridgehead atoms. The molecule has 2 aromatic heterocycles. The van der Waals surface area contributed by atoms with Crippen molar-refractivity contribution in [1.82, 2.24) is 9.97 Å². The van der Waals surface area contributed by atoms with E-state index in [2.05, 4.69) is 15.3 Å². The van der Waals surface area contributed by atoms with Crippen LogP contribution in [0.2, 0.25) is 0 Å². The number of halogens is 2. The second-order valence-electron chi connectivity index (χ2n) is 4.87. The lowest BCUT2D eigenvalue weighted by Gasteiger charge is -2.10. The second-order valence-corrected chi connectivity index (χ2v) is 5.73. The highest BCUT2D eigenvalue weighted by Gasteiger charge is 2.20. The Hall–Kier alpha value is -2.71.